The third-order valence-electron chi connectivity index (χ3n) is 4.03. The van der Waals surface area contributed by atoms with E-state index in [0.29, 0.717) is 19.5 Å². The van der Waals surface area contributed by atoms with Crippen molar-refractivity contribution in [1.29, 1.82) is 0 Å². The highest BCUT2D eigenvalue weighted by Gasteiger charge is 2.48. The molecule has 5 nitrogen and oxygen atoms in total. The molecule has 5 heteroatoms. The number of hydrogen-bond donors (Lipinski definition) is 2. The normalized spacial score (nSPS) is 32.2. The first kappa shape index (κ1) is 11.4. The number of nitrogens with two attached hydrogens (primary N) is 2. The van der Waals surface area contributed by atoms with Crippen molar-refractivity contribution in [2.45, 2.75) is 38.1 Å². The SMILES string of the molecule is CC1(C(N)=O)CCN(C(=O)C2(N)CCC2)C1. The van der Waals surface area contributed by atoms with Crippen LogP contribution in [-0.4, -0.2) is 35.3 Å². The fraction of sp³-hybridized carbons (Fsp3) is 0.818. The van der Waals surface area contributed by atoms with Gasteiger partial charge in [0.1, 0.15) is 0 Å². The predicted octanol–water partition coefficient (Wildman–Crippen LogP) is -0.408. The Morgan fingerprint density at radius 3 is 2.25 bits per heavy atom. The molecule has 2 fully saturated rings. The monoisotopic (exact) mass is 225 g/mol. The smallest absolute Gasteiger partial charge is 0.242 e. The number of primary amides is 1. The first-order valence-corrected chi connectivity index (χ1v) is 5.76. The van der Waals surface area contributed by atoms with Crippen molar-refractivity contribution in [3.63, 3.8) is 0 Å². The topological polar surface area (TPSA) is 89.4 Å². The van der Waals surface area contributed by atoms with Gasteiger partial charge in [0.25, 0.3) is 0 Å². The lowest BCUT2D eigenvalue weighted by atomic mass is 9.76. The summed E-state index contributed by atoms with van der Waals surface area (Å²) >= 11 is 0. The Morgan fingerprint density at radius 1 is 1.25 bits per heavy atom. The molecule has 4 N–H and O–H groups in total. The lowest BCUT2D eigenvalue weighted by Gasteiger charge is -2.39. The summed E-state index contributed by atoms with van der Waals surface area (Å²) in [6, 6.07) is 0. The van der Waals surface area contributed by atoms with Crippen LogP contribution in [0.1, 0.15) is 32.6 Å². The number of likely N-dealkylation sites (tertiary alicyclic amines) is 1. The summed E-state index contributed by atoms with van der Waals surface area (Å²) in [5.41, 5.74) is 10.1. The minimum Gasteiger partial charge on any atom is -0.369 e. The molecule has 0 bridgehead atoms. The van der Waals surface area contributed by atoms with Gasteiger partial charge < -0.3 is 16.4 Å². The van der Waals surface area contributed by atoms with Crippen LogP contribution in [0.2, 0.25) is 0 Å². The Morgan fingerprint density at radius 2 is 1.88 bits per heavy atom. The Bertz CT molecular complexity index is 338. The first-order chi connectivity index (χ1) is 7.37. The Labute approximate surface area is 95.1 Å². The van der Waals surface area contributed by atoms with E-state index in [1.54, 1.807) is 4.90 Å². The summed E-state index contributed by atoms with van der Waals surface area (Å²) in [6.07, 6.45) is 3.18. The zero-order valence-corrected chi connectivity index (χ0v) is 9.66. The van der Waals surface area contributed by atoms with E-state index in [9.17, 15) is 9.59 Å². The van der Waals surface area contributed by atoms with Crippen molar-refractivity contribution < 1.29 is 9.59 Å². The predicted molar refractivity (Wildman–Crippen MR) is 59.3 cm³/mol. The molecular weight excluding hydrogens is 206 g/mol. The number of carbonyl (C=O) groups is 2. The Balaban J connectivity index is 2.04. The van der Waals surface area contributed by atoms with Crippen LogP contribution in [-0.2, 0) is 9.59 Å². The minimum atomic E-state index is -0.664. The maximum absolute atomic E-state index is 12.1. The van der Waals surface area contributed by atoms with Gasteiger partial charge in [0.05, 0.1) is 11.0 Å². The van der Waals surface area contributed by atoms with Crippen molar-refractivity contribution in [2.75, 3.05) is 13.1 Å². The van der Waals surface area contributed by atoms with E-state index < -0.39 is 11.0 Å². The van der Waals surface area contributed by atoms with E-state index in [2.05, 4.69) is 0 Å². The zero-order chi connectivity index (χ0) is 12.0. The highest BCUT2D eigenvalue weighted by molar-refractivity contribution is 5.89. The molecule has 1 aliphatic carbocycles. The van der Waals surface area contributed by atoms with Crippen molar-refractivity contribution in [1.82, 2.24) is 4.90 Å². The highest BCUT2D eigenvalue weighted by atomic mass is 16.2. The Hall–Kier alpha value is -1.10. The van der Waals surface area contributed by atoms with Crippen molar-refractivity contribution in [2.24, 2.45) is 16.9 Å². The van der Waals surface area contributed by atoms with Crippen molar-refractivity contribution >= 4 is 11.8 Å². The van der Waals surface area contributed by atoms with Crippen LogP contribution in [0.15, 0.2) is 0 Å². The molecule has 0 spiro atoms. The van der Waals surface area contributed by atoms with Gasteiger partial charge >= 0.3 is 0 Å². The van der Waals surface area contributed by atoms with E-state index in [1.807, 2.05) is 6.92 Å². The molecule has 0 aromatic rings. The van der Waals surface area contributed by atoms with Gasteiger partial charge in [-0.25, -0.2) is 0 Å². The molecule has 1 unspecified atom stereocenters. The summed E-state index contributed by atoms with van der Waals surface area (Å²) in [5.74, 6) is -0.341. The molecular formula is C11H19N3O2. The number of rotatable bonds is 2. The van der Waals surface area contributed by atoms with Crippen molar-refractivity contribution in [3.8, 4) is 0 Å². The molecule has 1 aliphatic heterocycles. The summed E-state index contributed by atoms with van der Waals surface area (Å²) in [5, 5.41) is 0. The fourth-order valence-corrected chi connectivity index (χ4v) is 2.42. The molecule has 2 rings (SSSR count). The summed E-state index contributed by atoms with van der Waals surface area (Å²) < 4.78 is 0. The van der Waals surface area contributed by atoms with Crippen LogP contribution in [0, 0.1) is 5.41 Å². The molecule has 0 aromatic heterocycles. The standard InChI is InChI=1S/C11H19N3O2/c1-10(8(12)15)5-6-14(7-10)9(16)11(13)3-2-4-11/h2-7,13H2,1H3,(H2,12,15). The molecule has 90 valence electrons. The van der Waals surface area contributed by atoms with Gasteiger partial charge in [-0.3, -0.25) is 9.59 Å². The van der Waals surface area contributed by atoms with Crippen LogP contribution < -0.4 is 11.5 Å². The van der Waals surface area contributed by atoms with Crippen molar-refractivity contribution in [3.05, 3.63) is 0 Å². The number of carbonyl (C=O) groups excluding carboxylic acids is 2. The Kier molecular flexibility index (Phi) is 2.45. The molecule has 0 aromatic carbocycles. The van der Waals surface area contributed by atoms with Crippen LogP contribution in [0.25, 0.3) is 0 Å². The molecule has 1 heterocycles. The van der Waals surface area contributed by atoms with Crippen LogP contribution in [0.4, 0.5) is 0 Å². The van der Waals surface area contributed by atoms with Gasteiger partial charge in [-0.05, 0) is 32.6 Å². The van der Waals surface area contributed by atoms with Crippen LogP contribution in [0.5, 0.6) is 0 Å². The average molecular weight is 225 g/mol. The molecule has 0 radical (unpaired) electrons. The van der Waals surface area contributed by atoms with Gasteiger partial charge in [0.2, 0.25) is 11.8 Å². The van der Waals surface area contributed by atoms with E-state index >= 15 is 0 Å². The lowest BCUT2D eigenvalue weighted by molar-refractivity contribution is -0.139. The second kappa shape index (κ2) is 3.45. The molecule has 1 saturated heterocycles. The van der Waals surface area contributed by atoms with Crippen LogP contribution in [0.3, 0.4) is 0 Å². The molecule has 1 saturated carbocycles. The van der Waals surface area contributed by atoms with Gasteiger partial charge in [0.15, 0.2) is 0 Å². The average Bonchev–Trinajstić information content (AvgIpc) is 2.57. The van der Waals surface area contributed by atoms with E-state index in [4.69, 9.17) is 11.5 Å². The quantitative estimate of drug-likeness (QED) is 0.669. The number of nitrogens with zero attached hydrogens (tertiary/aromatic N) is 1. The summed E-state index contributed by atoms with van der Waals surface area (Å²) in [7, 11) is 0. The molecule has 16 heavy (non-hydrogen) atoms. The summed E-state index contributed by atoms with van der Waals surface area (Å²) in [4.78, 5) is 25.1. The third kappa shape index (κ3) is 1.59. The lowest BCUT2D eigenvalue weighted by Crippen LogP contribution is -2.59. The van der Waals surface area contributed by atoms with E-state index in [-0.39, 0.29) is 11.8 Å². The van der Waals surface area contributed by atoms with Gasteiger partial charge in [-0.15, -0.1) is 0 Å². The van der Waals surface area contributed by atoms with Gasteiger partial charge in [-0.2, -0.15) is 0 Å². The second-order valence-corrected chi connectivity index (χ2v) is 5.41. The minimum absolute atomic E-state index is 0.0104. The van der Waals surface area contributed by atoms with Gasteiger partial charge in [-0.1, -0.05) is 0 Å². The fourth-order valence-electron chi connectivity index (χ4n) is 2.42. The van der Waals surface area contributed by atoms with Crippen LogP contribution >= 0.6 is 0 Å². The highest BCUT2D eigenvalue weighted by Crippen LogP contribution is 2.35. The number of hydrogen-bond acceptors (Lipinski definition) is 3. The molecule has 2 amide bonds. The second-order valence-electron chi connectivity index (χ2n) is 5.41. The maximum atomic E-state index is 12.1. The maximum Gasteiger partial charge on any atom is 0.242 e. The number of amides is 2. The summed E-state index contributed by atoms with van der Waals surface area (Å²) in [6.45, 7) is 2.82. The third-order valence-corrected chi connectivity index (χ3v) is 4.03. The largest absolute Gasteiger partial charge is 0.369 e. The first-order valence-electron chi connectivity index (χ1n) is 5.76. The van der Waals surface area contributed by atoms with Gasteiger partial charge in [0, 0.05) is 13.1 Å². The molecule has 1 atom stereocenters. The van der Waals surface area contributed by atoms with E-state index in [1.165, 1.54) is 0 Å². The zero-order valence-electron chi connectivity index (χ0n) is 9.66. The molecule has 2 aliphatic rings. The van der Waals surface area contributed by atoms with E-state index in [0.717, 1.165) is 19.3 Å².